The van der Waals surface area contributed by atoms with Crippen LogP contribution >= 0.6 is 0 Å². The summed E-state index contributed by atoms with van der Waals surface area (Å²) < 4.78 is 10.6. The number of carbonyl (C=O) groups excluding carboxylic acids is 2. The van der Waals surface area contributed by atoms with Gasteiger partial charge in [-0.1, -0.05) is 0 Å². The molecule has 0 spiro atoms. The number of hydrogen-bond acceptors (Lipinski definition) is 5. The summed E-state index contributed by atoms with van der Waals surface area (Å²) in [5.74, 6) is 0. The van der Waals surface area contributed by atoms with Crippen molar-refractivity contribution in [1.29, 1.82) is 0 Å². The molecule has 1 heterocycles. The van der Waals surface area contributed by atoms with Crippen LogP contribution in [-0.4, -0.2) is 46.5 Å². The van der Waals surface area contributed by atoms with Gasteiger partial charge in [0.05, 0.1) is 0 Å². The first-order valence-corrected chi connectivity index (χ1v) is 7.25. The van der Waals surface area contributed by atoms with Crippen LogP contribution in [0.15, 0.2) is 0 Å². The molecular weight excluding hydrogens is 274 g/mol. The zero-order valence-electron chi connectivity index (χ0n) is 13.9. The Labute approximate surface area is 126 Å². The largest absolute Gasteiger partial charge is 0.443 e. The molecule has 0 bridgehead atoms. The predicted octanol–water partition coefficient (Wildman–Crippen LogP) is 2.67. The average Bonchev–Trinajstić information content (AvgIpc) is 2.49. The van der Waals surface area contributed by atoms with Crippen molar-refractivity contribution in [1.82, 2.24) is 15.6 Å². The van der Waals surface area contributed by atoms with E-state index in [4.69, 9.17) is 9.47 Å². The SMILES string of the molecule is CC(C)(C)OC(=O)N1CCCCN(C(=O)OC(C)(C)C)N1. The molecule has 2 amide bonds. The summed E-state index contributed by atoms with van der Waals surface area (Å²) in [5.41, 5.74) is 1.62. The van der Waals surface area contributed by atoms with E-state index in [2.05, 4.69) is 5.53 Å². The maximum atomic E-state index is 12.1. The van der Waals surface area contributed by atoms with Crippen LogP contribution in [0.3, 0.4) is 0 Å². The number of nitrogens with one attached hydrogen (secondary N) is 1. The average molecular weight is 301 g/mol. The van der Waals surface area contributed by atoms with Crippen LogP contribution in [0.5, 0.6) is 0 Å². The lowest BCUT2D eigenvalue weighted by Gasteiger charge is -2.31. The van der Waals surface area contributed by atoms with Crippen molar-refractivity contribution in [2.45, 2.75) is 65.6 Å². The molecule has 1 saturated heterocycles. The third-order valence-electron chi connectivity index (χ3n) is 2.48. The van der Waals surface area contributed by atoms with Gasteiger partial charge in [0.15, 0.2) is 0 Å². The second-order valence-corrected chi connectivity index (χ2v) is 7.07. The van der Waals surface area contributed by atoms with Gasteiger partial charge in [-0.2, -0.15) is 0 Å². The molecule has 1 fully saturated rings. The van der Waals surface area contributed by atoms with Crippen LogP contribution < -0.4 is 5.53 Å². The van der Waals surface area contributed by atoms with E-state index in [9.17, 15) is 9.59 Å². The fourth-order valence-corrected chi connectivity index (χ4v) is 1.68. The number of ether oxygens (including phenoxy) is 2. The first-order valence-electron chi connectivity index (χ1n) is 7.25. The van der Waals surface area contributed by atoms with Gasteiger partial charge in [0.25, 0.3) is 0 Å². The third-order valence-corrected chi connectivity index (χ3v) is 2.48. The summed E-state index contributed by atoms with van der Waals surface area (Å²) in [6, 6.07) is 0. The van der Waals surface area contributed by atoms with Crippen LogP contribution in [0.1, 0.15) is 54.4 Å². The van der Waals surface area contributed by atoms with Crippen LogP contribution in [-0.2, 0) is 9.47 Å². The zero-order valence-corrected chi connectivity index (χ0v) is 13.9. The number of carbonyl (C=O) groups is 2. The Hall–Kier alpha value is -1.50. The summed E-state index contributed by atoms with van der Waals surface area (Å²) in [5, 5.41) is 2.62. The Kier molecular flexibility index (Phi) is 5.44. The van der Waals surface area contributed by atoms with Crippen molar-refractivity contribution in [3.05, 3.63) is 0 Å². The van der Waals surface area contributed by atoms with Gasteiger partial charge in [0, 0.05) is 13.1 Å². The lowest BCUT2D eigenvalue weighted by Crippen LogP contribution is -2.55. The molecule has 0 saturated carbocycles. The Morgan fingerprint density at radius 1 is 0.810 bits per heavy atom. The lowest BCUT2D eigenvalue weighted by atomic mass is 10.2. The molecule has 7 heteroatoms. The van der Waals surface area contributed by atoms with Gasteiger partial charge in [-0.15, -0.1) is 5.53 Å². The van der Waals surface area contributed by atoms with Gasteiger partial charge in [-0.3, -0.25) is 0 Å². The molecule has 0 aliphatic carbocycles. The summed E-state index contributed by atoms with van der Waals surface area (Å²) in [6.07, 6.45) is 0.563. The molecule has 1 aliphatic heterocycles. The third kappa shape index (κ3) is 6.66. The summed E-state index contributed by atoms with van der Waals surface area (Å²) in [6.45, 7) is 11.8. The zero-order chi connectivity index (χ0) is 16.3. The van der Waals surface area contributed by atoms with Gasteiger partial charge in [-0.25, -0.2) is 19.6 Å². The molecule has 1 N–H and O–H groups in total. The highest BCUT2D eigenvalue weighted by Gasteiger charge is 2.29. The Morgan fingerprint density at radius 3 is 1.43 bits per heavy atom. The van der Waals surface area contributed by atoms with E-state index in [1.807, 2.05) is 0 Å². The second kappa shape index (κ2) is 6.51. The molecule has 0 aromatic rings. The number of nitrogens with zero attached hydrogens (tertiary/aromatic N) is 2. The first kappa shape index (κ1) is 17.6. The molecule has 7 nitrogen and oxygen atoms in total. The van der Waals surface area contributed by atoms with Crippen molar-refractivity contribution >= 4 is 12.2 Å². The Bertz CT molecular complexity index is 349. The minimum absolute atomic E-state index is 0.480. The van der Waals surface area contributed by atoms with Crippen molar-refractivity contribution in [3.63, 3.8) is 0 Å². The number of hydrazine groups is 2. The number of rotatable bonds is 0. The fraction of sp³-hybridized carbons (Fsp3) is 0.857. The quantitative estimate of drug-likeness (QED) is 0.745. The molecule has 21 heavy (non-hydrogen) atoms. The Balaban J connectivity index is 2.68. The molecule has 0 atom stereocenters. The van der Waals surface area contributed by atoms with Gasteiger partial charge in [0.2, 0.25) is 0 Å². The van der Waals surface area contributed by atoms with Crippen LogP contribution in [0.4, 0.5) is 9.59 Å². The second-order valence-electron chi connectivity index (χ2n) is 7.07. The van der Waals surface area contributed by atoms with Crippen molar-refractivity contribution < 1.29 is 19.1 Å². The van der Waals surface area contributed by atoms with Gasteiger partial charge in [-0.05, 0) is 54.4 Å². The predicted molar refractivity (Wildman–Crippen MR) is 78.2 cm³/mol. The van der Waals surface area contributed by atoms with E-state index in [-0.39, 0.29) is 0 Å². The standard InChI is InChI=1S/C14H27N3O4/c1-13(2,3)20-11(18)16-9-7-8-10-17(15-16)12(19)21-14(4,5)6/h15H,7-10H2,1-6H3. The topological polar surface area (TPSA) is 71.1 Å². The van der Waals surface area contributed by atoms with E-state index in [1.165, 1.54) is 10.0 Å². The maximum Gasteiger partial charge on any atom is 0.426 e. The highest BCUT2D eigenvalue weighted by Crippen LogP contribution is 2.14. The molecule has 0 unspecified atom stereocenters. The summed E-state index contributed by atoms with van der Waals surface area (Å²) >= 11 is 0. The number of hydrogen-bond donors (Lipinski definition) is 1. The smallest absolute Gasteiger partial charge is 0.426 e. The molecule has 0 aromatic carbocycles. The fourth-order valence-electron chi connectivity index (χ4n) is 1.68. The van der Waals surface area contributed by atoms with Gasteiger partial charge < -0.3 is 9.47 Å². The first-order chi connectivity index (χ1) is 9.48. The molecule has 1 aliphatic rings. The highest BCUT2D eigenvalue weighted by atomic mass is 16.6. The van der Waals surface area contributed by atoms with Gasteiger partial charge >= 0.3 is 12.2 Å². The molecule has 1 rings (SSSR count). The van der Waals surface area contributed by atoms with E-state index in [0.717, 1.165) is 12.8 Å². The number of amides is 2. The van der Waals surface area contributed by atoms with E-state index < -0.39 is 23.4 Å². The molecule has 0 aromatic heterocycles. The molecule has 0 radical (unpaired) electrons. The lowest BCUT2D eigenvalue weighted by molar-refractivity contribution is -0.0288. The minimum atomic E-state index is -0.582. The van der Waals surface area contributed by atoms with Crippen molar-refractivity contribution in [2.24, 2.45) is 0 Å². The summed E-state index contributed by atoms with van der Waals surface area (Å²) in [4.78, 5) is 24.2. The van der Waals surface area contributed by atoms with Crippen LogP contribution in [0.25, 0.3) is 0 Å². The maximum absolute atomic E-state index is 12.1. The van der Waals surface area contributed by atoms with Crippen molar-refractivity contribution in [2.75, 3.05) is 13.1 Å². The van der Waals surface area contributed by atoms with E-state index in [1.54, 1.807) is 41.5 Å². The Morgan fingerprint density at radius 2 is 1.14 bits per heavy atom. The molecule has 122 valence electrons. The van der Waals surface area contributed by atoms with Crippen molar-refractivity contribution in [3.8, 4) is 0 Å². The van der Waals surface area contributed by atoms with Crippen LogP contribution in [0, 0.1) is 0 Å². The normalized spacial score (nSPS) is 17.2. The van der Waals surface area contributed by atoms with Gasteiger partial charge in [0.1, 0.15) is 11.2 Å². The highest BCUT2D eigenvalue weighted by molar-refractivity contribution is 5.70. The van der Waals surface area contributed by atoms with Crippen LogP contribution in [0.2, 0.25) is 0 Å². The van der Waals surface area contributed by atoms with E-state index >= 15 is 0 Å². The summed E-state index contributed by atoms with van der Waals surface area (Å²) in [7, 11) is 0. The monoisotopic (exact) mass is 301 g/mol. The minimum Gasteiger partial charge on any atom is -0.443 e. The molecular formula is C14H27N3O4. The van der Waals surface area contributed by atoms with E-state index in [0.29, 0.717) is 13.1 Å².